The molecule has 1 aromatic rings. The van der Waals surface area contributed by atoms with Gasteiger partial charge in [-0.2, -0.15) is 0 Å². The van der Waals surface area contributed by atoms with Gasteiger partial charge in [-0.05, 0) is 19.3 Å². The predicted octanol–water partition coefficient (Wildman–Crippen LogP) is 9.48. The summed E-state index contributed by atoms with van der Waals surface area (Å²) < 4.78 is 4.89. The molecule has 2 nitrogen and oxygen atoms in total. The quantitative estimate of drug-likeness (QED) is 0.110. The van der Waals surface area contributed by atoms with Crippen LogP contribution in [0.4, 0.5) is 0 Å². The lowest BCUT2D eigenvalue weighted by atomic mass is 10.1. The third-order valence-electron chi connectivity index (χ3n) is 7.22. The SMILES string of the molecule is CCCCCCCCCCCCCCn1cc[n+](C)c1CCCCCCCCCCCC. The highest BCUT2D eigenvalue weighted by atomic mass is 15.1. The second-order valence-electron chi connectivity index (χ2n) is 10.3. The Kier molecular flexibility index (Phi) is 20.1. The second-order valence-corrected chi connectivity index (χ2v) is 10.3. The Morgan fingerprint density at radius 3 is 1.34 bits per heavy atom. The first-order chi connectivity index (χ1) is 15.8. The van der Waals surface area contributed by atoms with E-state index in [0.29, 0.717) is 0 Å². The van der Waals surface area contributed by atoms with Crippen molar-refractivity contribution in [3.8, 4) is 0 Å². The predicted molar refractivity (Wildman–Crippen MR) is 142 cm³/mol. The lowest BCUT2D eigenvalue weighted by Crippen LogP contribution is -2.32. The fourth-order valence-corrected chi connectivity index (χ4v) is 4.97. The van der Waals surface area contributed by atoms with Crippen LogP contribution in [0.1, 0.15) is 161 Å². The van der Waals surface area contributed by atoms with Crippen LogP contribution >= 0.6 is 0 Å². The molecule has 0 bridgehead atoms. The zero-order chi connectivity index (χ0) is 23.1. The Morgan fingerprint density at radius 1 is 0.531 bits per heavy atom. The van der Waals surface area contributed by atoms with Crippen molar-refractivity contribution in [3.05, 3.63) is 18.2 Å². The fraction of sp³-hybridized carbons (Fsp3) is 0.900. The smallest absolute Gasteiger partial charge is 0.237 e. The van der Waals surface area contributed by atoms with Crippen LogP contribution in [-0.2, 0) is 20.0 Å². The number of rotatable bonds is 24. The summed E-state index contributed by atoms with van der Waals surface area (Å²) >= 11 is 0. The summed E-state index contributed by atoms with van der Waals surface area (Å²) in [5.74, 6) is 1.53. The minimum atomic E-state index is 1.21. The fourth-order valence-electron chi connectivity index (χ4n) is 4.97. The average molecular weight is 448 g/mol. The third kappa shape index (κ3) is 15.9. The van der Waals surface area contributed by atoms with Gasteiger partial charge in [-0.25, -0.2) is 9.13 Å². The molecule has 0 unspecified atom stereocenters. The summed E-state index contributed by atoms with van der Waals surface area (Å²) in [6, 6.07) is 0. The molecule has 0 atom stereocenters. The average Bonchev–Trinajstić information content (AvgIpc) is 3.15. The monoisotopic (exact) mass is 447 g/mol. The molecule has 0 fully saturated rings. The molecule has 0 amide bonds. The molecule has 1 aromatic heterocycles. The Hall–Kier alpha value is -0.790. The van der Waals surface area contributed by atoms with Crippen LogP contribution in [0, 0.1) is 0 Å². The number of aryl methyl sites for hydroxylation is 2. The first-order valence-corrected chi connectivity index (χ1v) is 14.8. The van der Waals surface area contributed by atoms with Gasteiger partial charge in [0, 0.05) is 6.42 Å². The summed E-state index contributed by atoms with van der Waals surface area (Å²) in [6.07, 6.45) is 37.2. The van der Waals surface area contributed by atoms with Crippen LogP contribution in [0.25, 0.3) is 0 Å². The second kappa shape index (κ2) is 22.0. The van der Waals surface area contributed by atoms with Crippen molar-refractivity contribution in [2.24, 2.45) is 7.05 Å². The summed E-state index contributed by atoms with van der Waals surface area (Å²) in [7, 11) is 2.23. The summed E-state index contributed by atoms with van der Waals surface area (Å²) in [4.78, 5) is 0. The molecule has 0 aliphatic carbocycles. The highest BCUT2D eigenvalue weighted by Gasteiger charge is 2.13. The van der Waals surface area contributed by atoms with E-state index in [9.17, 15) is 0 Å². The number of unbranched alkanes of at least 4 members (excludes halogenated alkanes) is 20. The van der Waals surface area contributed by atoms with Crippen molar-refractivity contribution in [3.63, 3.8) is 0 Å². The summed E-state index contributed by atoms with van der Waals surface area (Å²) in [5.41, 5.74) is 0. The highest BCUT2D eigenvalue weighted by Crippen LogP contribution is 2.14. The molecule has 32 heavy (non-hydrogen) atoms. The topological polar surface area (TPSA) is 8.81 Å². The van der Waals surface area contributed by atoms with E-state index in [-0.39, 0.29) is 0 Å². The Labute approximate surface area is 202 Å². The molecule has 0 aromatic carbocycles. The summed E-state index contributed by atoms with van der Waals surface area (Å²) in [5, 5.41) is 0. The van der Waals surface area contributed by atoms with E-state index in [0.717, 1.165) is 0 Å². The zero-order valence-electron chi connectivity index (χ0n) is 22.5. The van der Waals surface area contributed by atoms with Gasteiger partial charge < -0.3 is 0 Å². The van der Waals surface area contributed by atoms with E-state index >= 15 is 0 Å². The largest absolute Gasteiger partial charge is 0.256 e. The molecular formula is C30H59N2+. The maximum Gasteiger partial charge on any atom is 0.256 e. The first kappa shape index (κ1) is 29.2. The van der Waals surface area contributed by atoms with Crippen molar-refractivity contribution in [2.45, 2.75) is 168 Å². The molecule has 0 saturated heterocycles. The number of nitrogens with zero attached hydrogens (tertiary/aromatic N) is 2. The molecule has 0 aliphatic heterocycles. The standard InChI is InChI=1S/C30H59N2/c1-4-6-8-10-12-14-16-17-19-21-23-25-27-32-29-28-31(3)30(32)26-24-22-20-18-15-13-11-9-7-5-2/h28-29H,4-27H2,1-3H3/q+1. The molecular weight excluding hydrogens is 388 g/mol. The summed E-state index contributed by atoms with van der Waals surface area (Å²) in [6.45, 7) is 5.82. The maximum atomic E-state index is 2.53. The zero-order valence-corrected chi connectivity index (χ0v) is 22.5. The van der Waals surface area contributed by atoms with E-state index < -0.39 is 0 Å². The van der Waals surface area contributed by atoms with Crippen LogP contribution in [0.2, 0.25) is 0 Å². The molecule has 188 valence electrons. The van der Waals surface area contributed by atoms with E-state index in [1.807, 2.05) is 0 Å². The molecule has 0 spiro atoms. The van der Waals surface area contributed by atoms with Crippen LogP contribution in [0.3, 0.4) is 0 Å². The van der Waals surface area contributed by atoms with Gasteiger partial charge in [0.15, 0.2) is 0 Å². The normalized spacial score (nSPS) is 11.5. The van der Waals surface area contributed by atoms with E-state index in [1.165, 1.54) is 160 Å². The van der Waals surface area contributed by atoms with Crippen LogP contribution < -0.4 is 4.57 Å². The van der Waals surface area contributed by atoms with Gasteiger partial charge in [-0.3, -0.25) is 0 Å². The van der Waals surface area contributed by atoms with Crippen molar-refractivity contribution in [1.29, 1.82) is 0 Å². The highest BCUT2D eigenvalue weighted by molar-refractivity contribution is 4.84. The number of hydrogen-bond donors (Lipinski definition) is 0. The maximum absolute atomic E-state index is 2.53. The van der Waals surface area contributed by atoms with Crippen molar-refractivity contribution in [1.82, 2.24) is 4.57 Å². The number of imidazole rings is 1. The number of aromatic nitrogens is 2. The lowest BCUT2D eigenvalue weighted by molar-refractivity contribution is -0.678. The minimum Gasteiger partial charge on any atom is -0.237 e. The van der Waals surface area contributed by atoms with Gasteiger partial charge in [0.1, 0.15) is 12.4 Å². The van der Waals surface area contributed by atoms with Gasteiger partial charge in [0.25, 0.3) is 5.82 Å². The van der Waals surface area contributed by atoms with Crippen molar-refractivity contribution >= 4 is 0 Å². The first-order valence-electron chi connectivity index (χ1n) is 14.8. The Morgan fingerprint density at radius 2 is 0.906 bits per heavy atom. The van der Waals surface area contributed by atoms with Crippen LogP contribution in [0.15, 0.2) is 12.4 Å². The van der Waals surface area contributed by atoms with Crippen molar-refractivity contribution < 1.29 is 4.57 Å². The molecule has 0 aliphatic rings. The van der Waals surface area contributed by atoms with Crippen LogP contribution in [0.5, 0.6) is 0 Å². The van der Waals surface area contributed by atoms with Gasteiger partial charge in [-0.1, -0.05) is 136 Å². The van der Waals surface area contributed by atoms with Gasteiger partial charge >= 0.3 is 0 Å². The van der Waals surface area contributed by atoms with Gasteiger partial charge in [-0.15, -0.1) is 0 Å². The number of hydrogen-bond acceptors (Lipinski definition) is 0. The van der Waals surface area contributed by atoms with E-state index in [1.54, 1.807) is 0 Å². The van der Waals surface area contributed by atoms with E-state index in [4.69, 9.17) is 0 Å². The van der Waals surface area contributed by atoms with Gasteiger partial charge in [0.05, 0.1) is 13.6 Å². The lowest BCUT2D eigenvalue weighted by Gasteiger charge is -2.05. The third-order valence-corrected chi connectivity index (χ3v) is 7.22. The van der Waals surface area contributed by atoms with Gasteiger partial charge in [0.2, 0.25) is 0 Å². The Balaban J connectivity index is 1.99. The van der Waals surface area contributed by atoms with Crippen molar-refractivity contribution in [2.75, 3.05) is 0 Å². The molecule has 0 saturated carbocycles. The molecule has 0 radical (unpaired) electrons. The van der Waals surface area contributed by atoms with Crippen LogP contribution in [-0.4, -0.2) is 4.57 Å². The van der Waals surface area contributed by atoms with E-state index in [2.05, 4.69) is 42.4 Å². The molecule has 2 heteroatoms. The molecule has 1 heterocycles. The molecule has 1 rings (SSSR count). The minimum absolute atomic E-state index is 1.21. The Bertz CT molecular complexity index is 505. The molecule has 0 N–H and O–H groups in total.